The Hall–Kier alpha value is -2.80. The van der Waals surface area contributed by atoms with E-state index in [1.165, 1.54) is 11.8 Å². The molecule has 0 aliphatic rings. The van der Waals surface area contributed by atoms with Gasteiger partial charge >= 0.3 is 0 Å². The summed E-state index contributed by atoms with van der Waals surface area (Å²) in [6.45, 7) is 6.62. The number of fused-ring (bicyclic) bond motifs is 1. The molecule has 1 atom stereocenters. The molecule has 158 valence electrons. The van der Waals surface area contributed by atoms with Crippen LogP contribution in [0.3, 0.4) is 0 Å². The Morgan fingerprint density at radius 1 is 1.13 bits per heavy atom. The number of rotatable bonds is 8. The van der Waals surface area contributed by atoms with E-state index in [4.69, 9.17) is 9.72 Å². The molecule has 6 nitrogen and oxygen atoms in total. The summed E-state index contributed by atoms with van der Waals surface area (Å²) < 4.78 is 7.00. The van der Waals surface area contributed by atoms with Crippen LogP contribution in [0.5, 0.6) is 5.75 Å². The third-order valence-corrected chi connectivity index (χ3v) is 5.86. The van der Waals surface area contributed by atoms with Crippen molar-refractivity contribution in [3.63, 3.8) is 0 Å². The largest absolute Gasteiger partial charge is 0.495 e. The molecule has 3 rings (SSSR count). The normalized spacial score (nSPS) is 12.2. The number of carbonyl (C=O) groups is 1. The van der Waals surface area contributed by atoms with Crippen LogP contribution in [0.2, 0.25) is 0 Å². The zero-order valence-electron chi connectivity index (χ0n) is 17.7. The minimum absolute atomic E-state index is 0.0684. The van der Waals surface area contributed by atoms with Crippen molar-refractivity contribution in [3.05, 3.63) is 58.9 Å². The smallest absolute Gasteiger partial charge is 0.262 e. The first kappa shape index (κ1) is 21.9. The van der Waals surface area contributed by atoms with Crippen molar-refractivity contribution < 1.29 is 9.53 Å². The molecule has 1 amide bonds. The number of thioether (sulfide) groups is 1. The van der Waals surface area contributed by atoms with Crippen molar-refractivity contribution in [2.45, 2.75) is 44.1 Å². The standard InChI is InChI=1S/C23H27N3O3S/c1-15(2)13-14-26-22(28)17-9-5-6-10-18(17)25-23(26)30-16(3)21(27)24-19-11-7-8-12-20(19)29-4/h5-12,15-16H,13-14H2,1-4H3,(H,24,27)/t16-/m0/s1. The van der Waals surface area contributed by atoms with Gasteiger partial charge in [0.1, 0.15) is 5.75 Å². The Balaban J connectivity index is 1.88. The van der Waals surface area contributed by atoms with Crippen molar-refractivity contribution >= 4 is 34.3 Å². The van der Waals surface area contributed by atoms with Crippen LogP contribution in [0, 0.1) is 5.92 Å². The average molecular weight is 426 g/mol. The summed E-state index contributed by atoms with van der Waals surface area (Å²) in [6.07, 6.45) is 0.856. The number of para-hydroxylation sites is 3. The number of hydrogen-bond acceptors (Lipinski definition) is 5. The molecule has 30 heavy (non-hydrogen) atoms. The predicted octanol–water partition coefficient (Wildman–Crippen LogP) is 4.57. The summed E-state index contributed by atoms with van der Waals surface area (Å²) in [5.41, 5.74) is 1.19. The second-order valence-corrected chi connectivity index (χ2v) is 8.81. The zero-order valence-corrected chi connectivity index (χ0v) is 18.5. The van der Waals surface area contributed by atoms with Crippen LogP contribution >= 0.6 is 11.8 Å². The average Bonchev–Trinajstić information content (AvgIpc) is 2.73. The second kappa shape index (κ2) is 9.80. The van der Waals surface area contributed by atoms with Crippen LogP contribution in [0.15, 0.2) is 58.5 Å². The Bertz CT molecular complexity index is 1090. The fraction of sp³-hybridized carbons (Fsp3) is 0.348. The molecule has 1 aromatic heterocycles. The Morgan fingerprint density at radius 3 is 2.57 bits per heavy atom. The van der Waals surface area contributed by atoms with Crippen LogP contribution in [0.1, 0.15) is 27.2 Å². The maximum Gasteiger partial charge on any atom is 0.262 e. The first-order valence-electron chi connectivity index (χ1n) is 10.0. The number of nitrogens with zero attached hydrogens (tertiary/aromatic N) is 2. The van der Waals surface area contributed by atoms with E-state index in [0.717, 1.165) is 6.42 Å². The third-order valence-electron chi connectivity index (χ3n) is 4.77. The molecule has 0 radical (unpaired) electrons. The number of hydrogen-bond donors (Lipinski definition) is 1. The first-order chi connectivity index (χ1) is 14.4. The van der Waals surface area contributed by atoms with Crippen LogP contribution in [-0.2, 0) is 11.3 Å². The van der Waals surface area contributed by atoms with E-state index in [2.05, 4.69) is 19.2 Å². The molecule has 7 heteroatoms. The Kier molecular flexibility index (Phi) is 7.15. The van der Waals surface area contributed by atoms with Gasteiger partial charge < -0.3 is 10.1 Å². The van der Waals surface area contributed by atoms with E-state index in [1.807, 2.05) is 37.3 Å². The topological polar surface area (TPSA) is 73.2 Å². The lowest BCUT2D eigenvalue weighted by molar-refractivity contribution is -0.115. The van der Waals surface area contributed by atoms with Crippen molar-refractivity contribution in [3.8, 4) is 5.75 Å². The Labute approximate surface area is 180 Å². The van der Waals surface area contributed by atoms with Crippen molar-refractivity contribution in [2.24, 2.45) is 5.92 Å². The SMILES string of the molecule is COc1ccccc1NC(=O)[C@H](C)Sc1nc2ccccc2c(=O)n1CCC(C)C. The van der Waals surface area contributed by atoms with Crippen LogP contribution < -0.4 is 15.6 Å². The molecule has 0 fully saturated rings. The number of ether oxygens (including phenoxy) is 1. The van der Waals surface area contributed by atoms with Gasteiger partial charge in [-0.25, -0.2) is 4.98 Å². The van der Waals surface area contributed by atoms with E-state index in [1.54, 1.807) is 29.9 Å². The highest BCUT2D eigenvalue weighted by Crippen LogP contribution is 2.27. The summed E-state index contributed by atoms with van der Waals surface area (Å²) in [5, 5.41) is 3.60. The van der Waals surface area contributed by atoms with E-state index in [0.29, 0.717) is 40.0 Å². The van der Waals surface area contributed by atoms with Crippen molar-refractivity contribution in [1.29, 1.82) is 0 Å². The summed E-state index contributed by atoms with van der Waals surface area (Å²) in [7, 11) is 1.57. The van der Waals surface area contributed by atoms with Gasteiger partial charge in [-0.2, -0.15) is 0 Å². The highest BCUT2D eigenvalue weighted by molar-refractivity contribution is 8.00. The monoisotopic (exact) mass is 425 g/mol. The summed E-state index contributed by atoms with van der Waals surface area (Å²) in [6, 6.07) is 14.6. The van der Waals surface area contributed by atoms with E-state index >= 15 is 0 Å². The molecule has 0 spiro atoms. The maximum atomic E-state index is 13.1. The number of amides is 1. The quantitative estimate of drug-likeness (QED) is 0.423. The van der Waals surface area contributed by atoms with Crippen LogP contribution in [0.4, 0.5) is 5.69 Å². The lowest BCUT2D eigenvalue weighted by atomic mass is 10.1. The van der Waals surface area contributed by atoms with Crippen LogP contribution in [0.25, 0.3) is 10.9 Å². The third kappa shape index (κ3) is 5.02. The Morgan fingerprint density at radius 2 is 1.83 bits per heavy atom. The summed E-state index contributed by atoms with van der Waals surface area (Å²) in [4.78, 5) is 30.6. The van der Waals surface area contributed by atoms with Gasteiger partial charge in [-0.3, -0.25) is 14.2 Å². The fourth-order valence-corrected chi connectivity index (χ4v) is 3.95. The zero-order chi connectivity index (χ0) is 21.7. The molecule has 1 N–H and O–H groups in total. The maximum absolute atomic E-state index is 13.1. The lowest BCUT2D eigenvalue weighted by Crippen LogP contribution is -2.27. The molecule has 0 saturated heterocycles. The number of nitrogens with one attached hydrogen (secondary N) is 1. The number of methoxy groups -OCH3 is 1. The molecule has 0 unspecified atom stereocenters. The highest BCUT2D eigenvalue weighted by atomic mass is 32.2. The molecule has 3 aromatic rings. The van der Waals surface area contributed by atoms with Gasteiger partial charge in [-0.15, -0.1) is 0 Å². The molecular weight excluding hydrogens is 398 g/mol. The number of carbonyl (C=O) groups excluding carboxylic acids is 1. The summed E-state index contributed by atoms with van der Waals surface area (Å²) >= 11 is 1.29. The van der Waals surface area contributed by atoms with E-state index in [-0.39, 0.29) is 11.5 Å². The van der Waals surface area contributed by atoms with Gasteiger partial charge in [-0.05, 0) is 43.5 Å². The lowest BCUT2D eigenvalue weighted by Gasteiger charge is -2.17. The van der Waals surface area contributed by atoms with Gasteiger partial charge in [0.2, 0.25) is 5.91 Å². The summed E-state index contributed by atoms with van der Waals surface area (Å²) in [5.74, 6) is 0.871. The number of benzene rings is 2. The minimum Gasteiger partial charge on any atom is -0.495 e. The van der Waals surface area contributed by atoms with Crippen molar-refractivity contribution in [2.75, 3.05) is 12.4 Å². The van der Waals surface area contributed by atoms with E-state index < -0.39 is 5.25 Å². The van der Waals surface area contributed by atoms with Gasteiger partial charge in [0, 0.05) is 6.54 Å². The minimum atomic E-state index is -0.451. The van der Waals surface area contributed by atoms with Crippen LogP contribution in [-0.4, -0.2) is 27.8 Å². The van der Waals surface area contributed by atoms with Gasteiger partial charge in [0.25, 0.3) is 5.56 Å². The van der Waals surface area contributed by atoms with Crippen molar-refractivity contribution in [1.82, 2.24) is 9.55 Å². The molecule has 0 aliphatic carbocycles. The first-order valence-corrected chi connectivity index (χ1v) is 10.9. The highest BCUT2D eigenvalue weighted by Gasteiger charge is 2.20. The molecule has 0 bridgehead atoms. The van der Waals surface area contributed by atoms with Gasteiger partial charge in [0.05, 0.1) is 29.0 Å². The molecular formula is C23H27N3O3S. The second-order valence-electron chi connectivity index (χ2n) is 7.50. The molecule has 1 heterocycles. The number of aromatic nitrogens is 2. The van der Waals surface area contributed by atoms with Gasteiger partial charge in [0.15, 0.2) is 5.16 Å². The van der Waals surface area contributed by atoms with Gasteiger partial charge in [-0.1, -0.05) is 49.9 Å². The predicted molar refractivity (Wildman–Crippen MR) is 122 cm³/mol. The number of anilines is 1. The van der Waals surface area contributed by atoms with E-state index in [9.17, 15) is 9.59 Å². The molecule has 2 aromatic carbocycles. The molecule has 0 saturated carbocycles. The fourth-order valence-electron chi connectivity index (χ4n) is 3.02. The molecule has 0 aliphatic heterocycles.